The highest BCUT2D eigenvalue weighted by atomic mass is 16.6. The monoisotopic (exact) mass is 263 g/mol. The van der Waals surface area contributed by atoms with E-state index in [1.54, 1.807) is 11.1 Å². The molecule has 1 saturated heterocycles. The molecular formula is C14H21N3O2. The Balaban J connectivity index is 2.00. The van der Waals surface area contributed by atoms with Crippen LogP contribution in [-0.2, 0) is 4.74 Å². The molecule has 0 spiro atoms. The van der Waals surface area contributed by atoms with Crippen LogP contribution in [0.15, 0.2) is 24.4 Å². The minimum absolute atomic E-state index is 0.0717. The maximum absolute atomic E-state index is 12.0. The van der Waals surface area contributed by atoms with Crippen LogP contribution in [0.25, 0.3) is 0 Å². The molecule has 0 bridgehead atoms. The summed E-state index contributed by atoms with van der Waals surface area (Å²) in [7, 11) is 0. The molecule has 1 aliphatic rings. The van der Waals surface area contributed by atoms with Crippen molar-refractivity contribution in [2.24, 2.45) is 0 Å². The number of amides is 1. The van der Waals surface area contributed by atoms with E-state index in [0.717, 1.165) is 12.2 Å². The second kappa shape index (κ2) is 5.57. The Morgan fingerprint density at radius 2 is 2.26 bits per heavy atom. The van der Waals surface area contributed by atoms with Crippen molar-refractivity contribution in [3.63, 3.8) is 0 Å². The van der Waals surface area contributed by atoms with Crippen LogP contribution in [-0.4, -0.2) is 41.2 Å². The first kappa shape index (κ1) is 13.8. The van der Waals surface area contributed by atoms with E-state index >= 15 is 0 Å². The van der Waals surface area contributed by atoms with E-state index in [2.05, 4.69) is 10.3 Å². The molecule has 0 aliphatic carbocycles. The molecule has 0 saturated carbocycles. The zero-order valence-electron chi connectivity index (χ0n) is 11.7. The molecule has 2 rings (SSSR count). The predicted molar refractivity (Wildman–Crippen MR) is 72.8 cm³/mol. The van der Waals surface area contributed by atoms with Gasteiger partial charge in [-0.25, -0.2) is 4.79 Å². The topological polar surface area (TPSA) is 54.5 Å². The Bertz CT molecular complexity index is 428. The number of nitrogens with one attached hydrogen (secondary N) is 1. The lowest BCUT2D eigenvalue weighted by Gasteiger charge is -2.34. The van der Waals surface area contributed by atoms with Crippen LogP contribution in [0, 0.1) is 0 Å². The lowest BCUT2D eigenvalue weighted by atomic mass is 10.1. The zero-order valence-corrected chi connectivity index (χ0v) is 11.7. The molecule has 1 aromatic rings. The highest BCUT2D eigenvalue weighted by Gasteiger charge is 2.28. The van der Waals surface area contributed by atoms with Gasteiger partial charge in [0.2, 0.25) is 0 Å². The number of rotatable bonds is 1. The third kappa shape index (κ3) is 3.92. The van der Waals surface area contributed by atoms with Gasteiger partial charge in [-0.15, -0.1) is 0 Å². The summed E-state index contributed by atoms with van der Waals surface area (Å²) in [5.74, 6) is 0. The van der Waals surface area contributed by atoms with Crippen LogP contribution in [0.4, 0.5) is 4.79 Å². The molecule has 1 unspecified atom stereocenters. The minimum atomic E-state index is -0.456. The SMILES string of the molecule is CC(C)(C)OC(=O)N1CCNC(c2ccccn2)C1. The zero-order chi connectivity index (χ0) is 13.9. The van der Waals surface area contributed by atoms with Crippen molar-refractivity contribution < 1.29 is 9.53 Å². The number of carbonyl (C=O) groups excluding carboxylic acids is 1. The molecule has 5 heteroatoms. The van der Waals surface area contributed by atoms with Crippen LogP contribution in [0.5, 0.6) is 0 Å². The lowest BCUT2D eigenvalue weighted by Crippen LogP contribution is -2.49. The fourth-order valence-corrected chi connectivity index (χ4v) is 2.02. The fraction of sp³-hybridized carbons (Fsp3) is 0.571. The van der Waals surface area contributed by atoms with Gasteiger partial charge < -0.3 is 15.0 Å². The van der Waals surface area contributed by atoms with E-state index < -0.39 is 5.60 Å². The molecule has 19 heavy (non-hydrogen) atoms. The lowest BCUT2D eigenvalue weighted by molar-refractivity contribution is 0.0194. The fourth-order valence-electron chi connectivity index (χ4n) is 2.02. The van der Waals surface area contributed by atoms with Crippen LogP contribution in [0.2, 0.25) is 0 Å². The highest BCUT2D eigenvalue weighted by molar-refractivity contribution is 5.68. The number of hydrogen-bond donors (Lipinski definition) is 1. The van der Waals surface area contributed by atoms with E-state index in [0.29, 0.717) is 13.1 Å². The molecule has 2 heterocycles. The van der Waals surface area contributed by atoms with Gasteiger partial charge in [-0.2, -0.15) is 0 Å². The number of hydrogen-bond acceptors (Lipinski definition) is 4. The van der Waals surface area contributed by atoms with Crippen molar-refractivity contribution in [2.75, 3.05) is 19.6 Å². The Morgan fingerprint density at radius 3 is 2.89 bits per heavy atom. The van der Waals surface area contributed by atoms with Crippen LogP contribution >= 0.6 is 0 Å². The molecule has 1 fully saturated rings. The maximum atomic E-state index is 12.0. The number of pyridine rings is 1. The van der Waals surface area contributed by atoms with Gasteiger partial charge >= 0.3 is 6.09 Å². The van der Waals surface area contributed by atoms with E-state index in [1.807, 2.05) is 39.0 Å². The average Bonchev–Trinajstić information content (AvgIpc) is 2.38. The standard InChI is InChI=1S/C14H21N3O2/c1-14(2,3)19-13(18)17-9-8-16-12(10-17)11-6-4-5-7-15-11/h4-7,12,16H,8-10H2,1-3H3. The van der Waals surface area contributed by atoms with Crippen molar-refractivity contribution in [2.45, 2.75) is 32.4 Å². The Hall–Kier alpha value is -1.62. The summed E-state index contributed by atoms with van der Waals surface area (Å²) in [6, 6.07) is 5.88. The average molecular weight is 263 g/mol. The summed E-state index contributed by atoms with van der Waals surface area (Å²) in [4.78, 5) is 18.1. The van der Waals surface area contributed by atoms with Gasteiger partial charge in [0.05, 0.1) is 11.7 Å². The Kier molecular flexibility index (Phi) is 4.04. The second-order valence-electron chi connectivity index (χ2n) is 5.69. The van der Waals surface area contributed by atoms with Crippen molar-refractivity contribution >= 4 is 6.09 Å². The van der Waals surface area contributed by atoms with Crippen molar-refractivity contribution in [3.05, 3.63) is 30.1 Å². The second-order valence-corrected chi connectivity index (χ2v) is 5.69. The molecular weight excluding hydrogens is 242 g/mol. The van der Waals surface area contributed by atoms with Gasteiger partial charge in [0, 0.05) is 25.8 Å². The third-order valence-corrected chi connectivity index (χ3v) is 2.87. The van der Waals surface area contributed by atoms with Gasteiger partial charge in [0.25, 0.3) is 0 Å². The predicted octanol–water partition coefficient (Wildman–Crippen LogP) is 1.96. The van der Waals surface area contributed by atoms with Gasteiger partial charge in [0.1, 0.15) is 5.60 Å². The van der Waals surface area contributed by atoms with E-state index in [9.17, 15) is 4.79 Å². The number of nitrogens with zero attached hydrogens (tertiary/aromatic N) is 2. The molecule has 1 N–H and O–H groups in total. The maximum Gasteiger partial charge on any atom is 0.410 e. The molecule has 1 atom stereocenters. The van der Waals surface area contributed by atoms with Gasteiger partial charge in [-0.05, 0) is 32.9 Å². The Morgan fingerprint density at radius 1 is 1.47 bits per heavy atom. The van der Waals surface area contributed by atoms with Gasteiger partial charge in [-0.3, -0.25) is 4.98 Å². The number of aromatic nitrogens is 1. The number of carbonyl (C=O) groups is 1. The first-order valence-corrected chi connectivity index (χ1v) is 6.58. The highest BCUT2D eigenvalue weighted by Crippen LogP contribution is 2.17. The van der Waals surface area contributed by atoms with Crippen LogP contribution in [0.3, 0.4) is 0 Å². The van der Waals surface area contributed by atoms with E-state index in [4.69, 9.17) is 4.74 Å². The summed E-state index contributed by atoms with van der Waals surface area (Å²) in [6.07, 6.45) is 1.51. The van der Waals surface area contributed by atoms with Crippen molar-refractivity contribution in [1.82, 2.24) is 15.2 Å². The van der Waals surface area contributed by atoms with Crippen molar-refractivity contribution in [1.29, 1.82) is 0 Å². The van der Waals surface area contributed by atoms with Gasteiger partial charge in [0.15, 0.2) is 0 Å². The molecule has 1 amide bonds. The smallest absolute Gasteiger partial charge is 0.410 e. The molecule has 1 aromatic heterocycles. The largest absolute Gasteiger partial charge is 0.444 e. The first-order valence-electron chi connectivity index (χ1n) is 6.58. The summed E-state index contributed by atoms with van der Waals surface area (Å²) >= 11 is 0. The molecule has 1 aliphatic heterocycles. The summed E-state index contributed by atoms with van der Waals surface area (Å²) in [5.41, 5.74) is 0.499. The molecule has 104 valence electrons. The van der Waals surface area contributed by atoms with Crippen LogP contribution in [0.1, 0.15) is 32.5 Å². The third-order valence-electron chi connectivity index (χ3n) is 2.87. The first-order chi connectivity index (χ1) is 8.96. The van der Waals surface area contributed by atoms with E-state index in [-0.39, 0.29) is 12.1 Å². The molecule has 0 aromatic carbocycles. The summed E-state index contributed by atoms with van der Waals surface area (Å²) < 4.78 is 5.40. The minimum Gasteiger partial charge on any atom is -0.444 e. The van der Waals surface area contributed by atoms with Gasteiger partial charge in [-0.1, -0.05) is 6.07 Å². The van der Waals surface area contributed by atoms with E-state index in [1.165, 1.54) is 0 Å². The van der Waals surface area contributed by atoms with Crippen LogP contribution < -0.4 is 5.32 Å². The summed E-state index contributed by atoms with van der Waals surface area (Å²) in [5, 5.41) is 3.37. The van der Waals surface area contributed by atoms with Crippen molar-refractivity contribution in [3.8, 4) is 0 Å². The number of ether oxygens (including phenoxy) is 1. The molecule has 0 radical (unpaired) electrons. The number of piperazine rings is 1. The molecule has 5 nitrogen and oxygen atoms in total. The quantitative estimate of drug-likeness (QED) is 0.841. The normalized spacial score (nSPS) is 20.2. The Labute approximate surface area is 114 Å². The summed E-state index contributed by atoms with van der Waals surface area (Å²) in [6.45, 7) is 7.64.